The normalized spacial score (nSPS) is 29.9. The molecule has 142 valence electrons. The monoisotopic (exact) mass is 366 g/mol. The second-order valence-corrected chi connectivity index (χ2v) is 6.42. The molecular formula is C17H22N2O7. The highest BCUT2D eigenvalue weighted by Crippen LogP contribution is 2.30. The summed E-state index contributed by atoms with van der Waals surface area (Å²) >= 11 is 0. The molecule has 0 bridgehead atoms. The van der Waals surface area contributed by atoms with Gasteiger partial charge in [-0.25, -0.2) is 0 Å². The smallest absolute Gasteiger partial charge is 0.321 e. The quantitative estimate of drug-likeness (QED) is 0.314. The van der Waals surface area contributed by atoms with Gasteiger partial charge >= 0.3 is 5.97 Å². The van der Waals surface area contributed by atoms with Crippen LogP contribution in [0.25, 0.3) is 10.9 Å². The van der Waals surface area contributed by atoms with Gasteiger partial charge in [0.1, 0.15) is 24.4 Å². The first-order valence-electron chi connectivity index (χ1n) is 8.23. The van der Waals surface area contributed by atoms with Crippen LogP contribution in [0.3, 0.4) is 0 Å². The van der Waals surface area contributed by atoms with E-state index in [-0.39, 0.29) is 6.42 Å². The molecular weight excluding hydrogens is 344 g/mol. The van der Waals surface area contributed by atoms with E-state index in [2.05, 4.69) is 10.3 Å². The average molecular weight is 366 g/mol. The van der Waals surface area contributed by atoms with Crippen LogP contribution < -0.4 is 5.32 Å². The van der Waals surface area contributed by atoms with Gasteiger partial charge in [0.05, 0.1) is 13.2 Å². The molecule has 5 atom stereocenters. The van der Waals surface area contributed by atoms with E-state index >= 15 is 0 Å². The molecule has 2 aromatic rings. The van der Waals surface area contributed by atoms with E-state index in [0.29, 0.717) is 0 Å². The van der Waals surface area contributed by atoms with Gasteiger partial charge in [0.2, 0.25) is 0 Å². The maximum absolute atomic E-state index is 11.7. The number of rotatable bonds is 7. The van der Waals surface area contributed by atoms with Crippen LogP contribution in [0.4, 0.5) is 0 Å². The number of aromatic nitrogens is 1. The summed E-state index contributed by atoms with van der Waals surface area (Å²) < 4.78 is 5.38. The number of hydrogen-bond acceptors (Lipinski definition) is 7. The Balaban J connectivity index is 1.85. The zero-order chi connectivity index (χ0) is 18.9. The van der Waals surface area contributed by atoms with Crippen LogP contribution in [-0.2, 0) is 16.0 Å². The lowest BCUT2D eigenvalue weighted by atomic mass is 9.99. The highest BCUT2D eigenvalue weighted by molar-refractivity contribution is 5.84. The highest BCUT2D eigenvalue weighted by atomic mass is 16.6. The van der Waals surface area contributed by atoms with Gasteiger partial charge in [-0.15, -0.1) is 0 Å². The first-order valence-corrected chi connectivity index (χ1v) is 8.23. The molecule has 1 saturated heterocycles. The van der Waals surface area contributed by atoms with Gasteiger partial charge in [0, 0.05) is 23.5 Å². The lowest BCUT2D eigenvalue weighted by Crippen LogP contribution is -2.62. The van der Waals surface area contributed by atoms with E-state index in [1.165, 1.54) is 0 Å². The van der Waals surface area contributed by atoms with E-state index < -0.39 is 49.3 Å². The van der Waals surface area contributed by atoms with Crippen molar-refractivity contribution < 1.29 is 35.1 Å². The number of aliphatic hydroxyl groups is 4. The molecule has 0 aliphatic carbocycles. The van der Waals surface area contributed by atoms with Crippen LogP contribution in [0.1, 0.15) is 5.56 Å². The predicted molar refractivity (Wildman–Crippen MR) is 90.4 cm³/mol. The summed E-state index contributed by atoms with van der Waals surface area (Å²) in [5.41, 5.74) is -0.293. The number of H-pyrrole nitrogens is 1. The zero-order valence-electron chi connectivity index (χ0n) is 13.9. The molecule has 26 heavy (non-hydrogen) atoms. The maximum Gasteiger partial charge on any atom is 0.321 e. The molecule has 7 N–H and O–H groups in total. The molecule has 0 radical (unpaired) electrons. The Hall–Kier alpha value is -2.01. The maximum atomic E-state index is 11.7. The Bertz CT molecular complexity index is 779. The summed E-state index contributed by atoms with van der Waals surface area (Å²) in [6.45, 7) is -1.36. The van der Waals surface area contributed by atoms with E-state index in [0.717, 1.165) is 16.5 Å². The Morgan fingerprint density at radius 3 is 2.65 bits per heavy atom. The Kier molecular flexibility index (Phi) is 5.28. The number of para-hydroxylation sites is 1. The molecule has 2 heterocycles. The molecule has 1 aliphatic heterocycles. The molecule has 1 fully saturated rings. The Morgan fingerprint density at radius 2 is 2.04 bits per heavy atom. The number of aliphatic hydroxyl groups excluding tert-OH is 4. The SMILES string of the molecule is O=C(O)[C@H](Cc1c[nH]c2ccccc12)NC1(CO)O[C@H](CO)[C@@H](O)[C@@H]1O. The van der Waals surface area contributed by atoms with Crippen molar-refractivity contribution >= 4 is 16.9 Å². The van der Waals surface area contributed by atoms with Crippen molar-refractivity contribution in [1.82, 2.24) is 10.3 Å². The number of hydrogen-bond donors (Lipinski definition) is 7. The van der Waals surface area contributed by atoms with Gasteiger partial charge in [0.25, 0.3) is 0 Å². The molecule has 0 spiro atoms. The summed E-state index contributed by atoms with van der Waals surface area (Å²) in [5, 5.41) is 52.2. The number of fused-ring (bicyclic) bond motifs is 1. The third-order valence-corrected chi connectivity index (χ3v) is 4.77. The molecule has 1 aliphatic rings. The van der Waals surface area contributed by atoms with E-state index in [9.17, 15) is 30.3 Å². The summed E-state index contributed by atoms with van der Waals surface area (Å²) in [7, 11) is 0. The standard InChI is InChI=1S/C17H22N2O7/c20-7-13-14(22)15(23)17(8-21,26-13)19-12(16(24)25)5-9-6-18-11-4-2-1-3-10(9)11/h1-4,6,12-15,18-23H,5,7-8H2,(H,24,25)/t12-,13+,14+,15-,17?/m0/s1. The first kappa shape index (κ1) is 18.8. The summed E-state index contributed by atoms with van der Waals surface area (Å²) in [6.07, 6.45) is -2.44. The van der Waals surface area contributed by atoms with Gasteiger partial charge in [-0.05, 0) is 11.6 Å². The number of aliphatic carboxylic acids is 1. The fourth-order valence-electron chi connectivity index (χ4n) is 3.35. The molecule has 3 rings (SSSR count). The van der Waals surface area contributed by atoms with Crippen LogP contribution >= 0.6 is 0 Å². The second kappa shape index (κ2) is 7.31. The van der Waals surface area contributed by atoms with Gasteiger partial charge in [0.15, 0.2) is 5.72 Å². The fraction of sp³-hybridized carbons (Fsp3) is 0.471. The van der Waals surface area contributed by atoms with Crippen molar-refractivity contribution in [3.05, 3.63) is 36.0 Å². The molecule has 9 heteroatoms. The topological polar surface area (TPSA) is 155 Å². The van der Waals surface area contributed by atoms with Crippen LogP contribution in [0, 0.1) is 0 Å². The molecule has 1 unspecified atom stereocenters. The second-order valence-electron chi connectivity index (χ2n) is 6.42. The van der Waals surface area contributed by atoms with Gasteiger partial charge in [-0.2, -0.15) is 0 Å². The lowest BCUT2D eigenvalue weighted by Gasteiger charge is -2.34. The van der Waals surface area contributed by atoms with E-state index in [1.54, 1.807) is 6.20 Å². The van der Waals surface area contributed by atoms with E-state index in [4.69, 9.17) is 4.74 Å². The number of benzene rings is 1. The van der Waals surface area contributed by atoms with Crippen molar-refractivity contribution in [1.29, 1.82) is 0 Å². The third-order valence-electron chi connectivity index (χ3n) is 4.77. The van der Waals surface area contributed by atoms with Crippen molar-refractivity contribution in [3.8, 4) is 0 Å². The van der Waals surface area contributed by atoms with Crippen LogP contribution in [0.2, 0.25) is 0 Å². The fourth-order valence-corrected chi connectivity index (χ4v) is 3.35. The highest BCUT2D eigenvalue weighted by Gasteiger charge is 2.55. The van der Waals surface area contributed by atoms with E-state index in [1.807, 2.05) is 24.3 Å². The molecule has 0 saturated carbocycles. The summed E-state index contributed by atoms with van der Waals surface area (Å²) in [6, 6.07) is 6.21. The lowest BCUT2D eigenvalue weighted by molar-refractivity contribution is -0.158. The number of ether oxygens (including phenoxy) is 1. The minimum Gasteiger partial charge on any atom is -0.480 e. The average Bonchev–Trinajstić information content (AvgIpc) is 3.15. The van der Waals surface area contributed by atoms with Crippen molar-refractivity contribution in [2.75, 3.05) is 13.2 Å². The summed E-state index contributed by atoms with van der Waals surface area (Å²) in [5.74, 6) is -1.21. The molecule has 0 amide bonds. The van der Waals surface area contributed by atoms with Crippen LogP contribution in [0.15, 0.2) is 30.5 Å². The first-order chi connectivity index (χ1) is 12.4. The number of carbonyl (C=O) groups is 1. The molecule has 9 nitrogen and oxygen atoms in total. The predicted octanol–water partition coefficient (Wildman–Crippen LogP) is -1.45. The van der Waals surface area contributed by atoms with Crippen LogP contribution in [-0.4, -0.2) is 79.8 Å². The number of aromatic amines is 1. The van der Waals surface area contributed by atoms with Gasteiger partial charge in [-0.3, -0.25) is 10.1 Å². The molecule has 1 aromatic heterocycles. The molecule has 1 aromatic carbocycles. The van der Waals surface area contributed by atoms with Gasteiger partial charge in [-0.1, -0.05) is 18.2 Å². The zero-order valence-corrected chi connectivity index (χ0v) is 13.9. The minimum absolute atomic E-state index is 0.0526. The summed E-state index contributed by atoms with van der Waals surface area (Å²) in [4.78, 5) is 14.8. The van der Waals surface area contributed by atoms with Crippen molar-refractivity contribution in [3.63, 3.8) is 0 Å². The van der Waals surface area contributed by atoms with Crippen molar-refractivity contribution in [2.45, 2.75) is 36.5 Å². The number of carboxylic acids is 1. The third kappa shape index (κ3) is 3.20. The Labute approximate surface area is 148 Å². The van der Waals surface area contributed by atoms with Crippen molar-refractivity contribution in [2.24, 2.45) is 0 Å². The van der Waals surface area contributed by atoms with Crippen LogP contribution in [0.5, 0.6) is 0 Å². The Morgan fingerprint density at radius 1 is 1.31 bits per heavy atom. The van der Waals surface area contributed by atoms with Gasteiger partial charge < -0.3 is 35.3 Å². The largest absolute Gasteiger partial charge is 0.480 e. The number of nitrogens with one attached hydrogen (secondary N) is 2. The number of carboxylic acid groups (broad SMARTS) is 1. The minimum atomic E-state index is -1.89.